The summed E-state index contributed by atoms with van der Waals surface area (Å²) in [6.45, 7) is 3.11. The number of rotatable bonds is 4. The molecule has 2 fully saturated rings. The summed E-state index contributed by atoms with van der Waals surface area (Å²) in [6.07, 6.45) is 9.42. The van der Waals surface area contributed by atoms with Crippen LogP contribution in [0.3, 0.4) is 0 Å². The van der Waals surface area contributed by atoms with Gasteiger partial charge in [-0.2, -0.15) is 10.1 Å². The van der Waals surface area contributed by atoms with E-state index >= 15 is 0 Å². The van der Waals surface area contributed by atoms with Gasteiger partial charge >= 0.3 is 0 Å². The molecule has 2 aliphatic rings. The average molecular weight is 498 g/mol. The van der Waals surface area contributed by atoms with Crippen molar-refractivity contribution in [2.24, 2.45) is 5.41 Å². The Kier molecular flexibility index (Phi) is 4.65. The third-order valence-corrected chi connectivity index (χ3v) is 7.73. The van der Waals surface area contributed by atoms with Crippen molar-refractivity contribution >= 4 is 11.4 Å². The Labute approximate surface area is 209 Å². The van der Waals surface area contributed by atoms with Gasteiger partial charge in [-0.3, -0.25) is 19.6 Å². The molecule has 1 unspecified atom stereocenters. The van der Waals surface area contributed by atoms with Gasteiger partial charge in [0.15, 0.2) is 5.82 Å². The summed E-state index contributed by atoms with van der Waals surface area (Å²) in [4.78, 5) is 39.1. The van der Waals surface area contributed by atoms with Crippen LogP contribution in [0.5, 0.6) is 0 Å². The van der Waals surface area contributed by atoms with Crippen LogP contribution < -0.4 is 5.56 Å². The van der Waals surface area contributed by atoms with E-state index in [1.165, 1.54) is 9.20 Å². The van der Waals surface area contributed by atoms with E-state index in [0.717, 1.165) is 30.7 Å². The number of carbonyl (C=O) groups is 1. The topological polar surface area (TPSA) is 140 Å². The van der Waals surface area contributed by atoms with Crippen molar-refractivity contribution < 1.29 is 9.32 Å². The molecule has 5 aromatic heterocycles. The maximum atomic E-state index is 13.4. The number of hydrogen-bond donors (Lipinski definition) is 1. The highest BCUT2D eigenvalue weighted by Gasteiger charge is 2.58. The lowest BCUT2D eigenvalue weighted by molar-refractivity contribution is 0.0673. The Hall–Kier alpha value is -4.61. The molecule has 6 heterocycles. The quantitative estimate of drug-likeness (QED) is 0.399. The summed E-state index contributed by atoms with van der Waals surface area (Å²) in [5.74, 6) is 1.65. The van der Waals surface area contributed by atoms with Crippen molar-refractivity contribution in [3.63, 3.8) is 0 Å². The Balaban J connectivity index is 1.05. The van der Waals surface area contributed by atoms with Crippen molar-refractivity contribution in [3.8, 4) is 17.4 Å². The molecule has 37 heavy (non-hydrogen) atoms. The molecule has 1 atom stereocenters. The predicted octanol–water partition coefficient (Wildman–Crippen LogP) is 2.37. The van der Waals surface area contributed by atoms with E-state index in [2.05, 4.69) is 30.3 Å². The van der Waals surface area contributed by atoms with Gasteiger partial charge in [0.05, 0.1) is 23.0 Å². The van der Waals surface area contributed by atoms with Crippen molar-refractivity contribution in [2.75, 3.05) is 13.1 Å². The van der Waals surface area contributed by atoms with E-state index in [1.807, 2.05) is 17.0 Å². The number of nitrogens with one attached hydrogen (secondary N) is 1. The normalized spacial score (nSPS) is 18.5. The maximum absolute atomic E-state index is 13.4. The molecule has 12 heteroatoms. The minimum atomic E-state index is -0.271. The molecule has 1 saturated heterocycles. The van der Waals surface area contributed by atoms with Gasteiger partial charge in [-0.05, 0) is 55.9 Å². The van der Waals surface area contributed by atoms with Crippen LogP contribution in [0.25, 0.3) is 22.9 Å². The van der Waals surface area contributed by atoms with Crippen LogP contribution in [0.4, 0.5) is 0 Å². The van der Waals surface area contributed by atoms with Gasteiger partial charge in [0, 0.05) is 37.6 Å². The van der Waals surface area contributed by atoms with E-state index in [1.54, 1.807) is 43.8 Å². The average Bonchev–Trinajstić information content (AvgIpc) is 3.36. The summed E-state index contributed by atoms with van der Waals surface area (Å²) >= 11 is 0. The van der Waals surface area contributed by atoms with Crippen LogP contribution in [0, 0.1) is 12.3 Å². The van der Waals surface area contributed by atoms with Crippen LogP contribution >= 0.6 is 0 Å². The van der Waals surface area contributed by atoms with Crippen molar-refractivity contribution in [1.29, 1.82) is 0 Å². The lowest BCUT2D eigenvalue weighted by Gasteiger charge is -2.32. The number of carbonyl (C=O) groups excluding carboxylic acids is 1. The Morgan fingerprint density at radius 3 is 2.86 bits per heavy atom. The first-order valence-corrected chi connectivity index (χ1v) is 12.2. The molecule has 0 radical (unpaired) electrons. The number of piperidine rings is 1. The molecule has 7 rings (SSSR count). The van der Waals surface area contributed by atoms with Crippen LogP contribution in [0.1, 0.15) is 47.1 Å². The first kappa shape index (κ1) is 21.7. The monoisotopic (exact) mass is 497 g/mol. The number of H-pyrrole nitrogens is 1. The molecule has 5 aromatic rings. The lowest BCUT2D eigenvalue weighted by atomic mass is 9.90. The second-order valence-corrected chi connectivity index (χ2v) is 9.78. The minimum Gasteiger partial charge on any atom is -0.339 e. The van der Waals surface area contributed by atoms with E-state index in [4.69, 9.17) is 4.52 Å². The number of nitrogens with zero attached hydrogens (tertiary/aromatic N) is 8. The first-order chi connectivity index (χ1) is 18.0. The molecule has 0 bridgehead atoms. The maximum Gasteiger partial charge on any atom is 0.276 e. The number of fused-ring (bicyclic) bond motifs is 1. The smallest absolute Gasteiger partial charge is 0.276 e. The van der Waals surface area contributed by atoms with Crippen LogP contribution in [0.2, 0.25) is 0 Å². The molecule has 1 N–H and O–H groups in total. The molecule has 12 nitrogen and oxygen atoms in total. The van der Waals surface area contributed by atoms with E-state index < -0.39 is 0 Å². The van der Waals surface area contributed by atoms with Gasteiger partial charge in [0.2, 0.25) is 5.95 Å². The van der Waals surface area contributed by atoms with E-state index in [9.17, 15) is 9.59 Å². The van der Waals surface area contributed by atoms with Gasteiger partial charge in [0.25, 0.3) is 17.4 Å². The van der Waals surface area contributed by atoms with Gasteiger partial charge in [-0.1, -0.05) is 5.16 Å². The summed E-state index contributed by atoms with van der Waals surface area (Å²) in [7, 11) is 0. The standard InChI is InChI=1S/C25H23N9O3/c1-15-17(14-27-34(15)24-29-21(35)19-5-3-9-33(19)30-24)23(36)32-10-6-25(7-11-32)12-18(25)20-28-22(37-31-20)16-4-2-8-26-13-16/h2-5,8-9,13-14,18H,6-7,10-12H2,1H3,(H,29,30,35). The molecule has 1 aliphatic carbocycles. The summed E-state index contributed by atoms with van der Waals surface area (Å²) < 4.78 is 8.47. The number of likely N-dealkylation sites (tertiary alicyclic amines) is 1. The molecule has 1 spiro atoms. The summed E-state index contributed by atoms with van der Waals surface area (Å²) in [5.41, 5.74) is 2.21. The summed E-state index contributed by atoms with van der Waals surface area (Å²) in [5, 5.41) is 13.0. The van der Waals surface area contributed by atoms with Gasteiger partial charge in [-0.25, -0.2) is 9.20 Å². The van der Waals surface area contributed by atoms with E-state index in [-0.39, 0.29) is 28.7 Å². The minimum absolute atomic E-state index is 0.0707. The fourth-order valence-electron chi connectivity index (χ4n) is 5.43. The number of aromatic nitrogens is 8. The van der Waals surface area contributed by atoms with Gasteiger partial charge < -0.3 is 9.42 Å². The third kappa shape index (κ3) is 3.47. The molecule has 1 amide bonds. The lowest BCUT2D eigenvalue weighted by Crippen LogP contribution is -2.39. The molecule has 0 aromatic carbocycles. The predicted molar refractivity (Wildman–Crippen MR) is 130 cm³/mol. The van der Waals surface area contributed by atoms with Gasteiger partial charge in [0.1, 0.15) is 5.52 Å². The van der Waals surface area contributed by atoms with Crippen LogP contribution in [-0.4, -0.2) is 63.4 Å². The van der Waals surface area contributed by atoms with Crippen molar-refractivity contribution in [2.45, 2.75) is 32.1 Å². The Morgan fingerprint density at radius 2 is 2.05 bits per heavy atom. The molecular formula is C25H23N9O3. The third-order valence-electron chi connectivity index (χ3n) is 7.73. The fraction of sp³-hybridized carbons (Fsp3) is 0.320. The zero-order valence-corrected chi connectivity index (χ0v) is 20.0. The highest BCUT2D eigenvalue weighted by atomic mass is 16.5. The fourth-order valence-corrected chi connectivity index (χ4v) is 5.43. The number of hydrogen-bond acceptors (Lipinski definition) is 8. The number of amides is 1. The Bertz CT molecular complexity index is 1690. The van der Waals surface area contributed by atoms with Gasteiger partial charge in [-0.15, -0.1) is 5.10 Å². The molecular weight excluding hydrogens is 474 g/mol. The zero-order valence-electron chi connectivity index (χ0n) is 20.0. The van der Waals surface area contributed by atoms with Crippen LogP contribution in [0.15, 0.2) is 58.4 Å². The van der Waals surface area contributed by atoms with Crippen molar-refractivity contribution in [3.05, 3.63) is 76.5 Å². The van der Waals surface area contributed by atoms with Crippen LogP contribution in [-0.2, 0) is 0 Å². The van der Waals surface area contributed by atoms with E-state index in [0.29, 0.717) is 35.8 Å². The zero-order chi connectivity index (χ0) is 25.1. The number of pyridine rings is 1. The largest absolute Gasteiger partial charge is 0.339 e. The molecule has 1 aliphatic heterocycles. The second kappa shape index (κ2) is 7.95. The highest BCUT2D eigenvalue weighted by Crippen LogP contribution is 2.64. The Morgan fingerprint density at radius 1 is 1.19 bits per heavy atom. The molecule has 186 valence electrons. The number of aromatic amines is 1. The summed E-state index contributed by atoms with van der Waals surface area (Å²) in [6, 6.07) is 7.17. The molecule has 1 saturated carbocycles. The second-order valence-electron chi connectivity index (χ2n) is 9.78. The highest BCUT2D eigenvalue weighted by molar-refractivity contribution is 5.95. The van der Waals surface area contributed by atoms with Crippen molar-refractivity contribution in [1.82, 2.24) is 44.4 Å². The first-order valence-electron chi connectivity index (χ1n) is 12.2. The SMILES string of the molecule is Cc1c(C(=O)N2CCC3(CC2)CC3c2noc(-c3cccnc3)n2)cnn1-c1nn2cccc2c(=O)[nH]1.